The van der Waals surface area contributed by atoms with Gasteiger partial charge in [-0.1, -0.05) is 0 Å². The number of benzene rings is 1. The molecule has 0 radical (unpaired) electrons. The number of sulfone groups is 1. The van der Waals surface area contributed by atoms with Crippen LogP contribution in [0.15, 0.2) is 12.1 Å². The van der Waals surface area contributed by atoms with Crippen LogP contribution in [0.25, 0.3) is 0 Å². The molecule has 1 saturated heterocycles. The number of carbonyl (C=O) groups is 1. The maximum atomic E-state index is 13.6. The molecular formula is C12H12ClF2NO3S. The summed E-state index contributed by atoms with van der Waals surface area (Å²) in [5.41, 5.74) is -0.213. The zero-order chi connectivity index (χ0) is 15.1. The van der Waals surface area contributed by atoms with Gasteiger partial charge in [0, 0.05) is 6.07 Å². The van der Waals surface area contributed by atoms with Gasteiger partial charge in [0.1, 0.15) is 11.6 Å². The molecule has 2 unspecified atom stereocenters. The molecule has 0 aliphatic carbocycles. The lowest BCUT2D eigenvalue weighted by Gasteiger charge is -2.15. The number of amides is 1. The van der Waals surface area contributed by atoms with Gasteiger partial charge in [0.05, 0.1) is 28.5 Å². The summed E-state index contributed by atoms with van der Waals surface area (Å²) < 4.78 is 49.4. The van der Waals surface area contributed by atoms with Crippen molar-refractivity contribution in [1.82, 2.24) is 5.32 Å². The van der Waals surface area contributed by atoms with Crippen LogP contribution in [-0.4, -0.2) is 37.2 Å². The van der Waals surface area contributed by atoms with Gasteiger partial charge in [-0.2, -0.15) is 0 Å². The molecule has 2 rings (SSSR count). The summed E-state index contributed by atoms with van der Waals surface area (Å²) in [4.78, 5) is 11.9. The van der Waals surface area contributed by atoms with E-state index >= 15 is 0 Å². The molecule has 1 fully saturated rings. The van der Waals surface area contributed by atoms with E-state index < -0.39 is 38.8 Å². The molecule has 1 aromatic rings. The minimum Gasteiger partial charge on any atom is -0.347 e. The fourth-order valence-electron chi connectivity index (χ4n) is 2.01. The van der Waals surface area contributed by atoms with Gasteiger partial charge in [-0.25, -0.2) is 17.2 Å². The number of nitrogens with one attached hydrogen (secondary N) is 1. The molecule has 0 bridgehead atoms. The van der Waals surface area contributed by atoms with E-state index in [1.807, 2.05) is 0 Å². The lowest BCUT2D eigenvalue weighted by atomic mass is 10.1. The van der Waals surface area contributed by atoms with Crippen LogP contribution in [0, 0.1) is 18.6 Å². The smallest absolute Gasteiger partial charge is 0.254 e. The summed E-state index contributed by atoms with van der Waals surface area (Å²) in [6, 6.07) is 0.916. The molecule has 8 heteroatoms. The van der Waals surface area contributed by atoms with Gasteiger partial charge in [-0.05, 0) is 18.6 Å². The van der Waals surface area contributed by atoms with Crippen LogP contribution in [0.4, 0.5) is 8.78 Å². The first-order valence-corrected chi connectivity index (χ1v) is 8.06. The Balaban J connectivity index is 2.19. The zero-order valence-corrected chi connectivity index (χ0v) is 12.1. The highest BCUT2D eigenvalue weighted by molar-refractivity contribution is 7.91. The topological polar surface area (TPSA) is 63.2 Å². The second-order valence-corrected chi connectivity index (χ2v) is 7.47. The van der Waals surface area contributed by atoms with Gasteiger partial charge < -0.3 is 5.32 Å². The normalized spacial score (nSPS) is 24.6. The van der Waals surface area contributed by atoms with E-state index in [1.165, 1.54) is 6.92 Å². The van der Waals surface area contributed by atoms with E-state index in [2.05, 4.69) is 5.32 Å². The lowest BCUT2D eigenvalue weighted by Crippen LogP contribution is -2.41. The molecule has 110 valence electrons. The maximum absolute atomic E-state index is 13.6. The minimum atomic E-state index is -3.30. The van der Waals surface area contributed by atoms with E-state index in [9.17, 15) is 22.0 Å². The Kier molecular flexibility index (Phi) is 4.02. The van der Waals surface area contributed by atoms with Gasteiger partial charge in [0.25, 0.3) is 5.91 Å². The summed E-state index contributed by atoms with van der Waals surface area (Å²) in [6.45, 7) is 1.40. The summed E-state index contributed by atoms with van der Waals surface area (Å²) in [5.74, 6) is -3.08. The van der Waals surface area contributed by atoms with Crippen molar-refractivity contribution in [2.45, 2.75) is 18.3 Å². The summed E-state index contributed by atoms with van der Waals surface area (Å²) in [5, 5.41) is 1.62. The van der Waals surface area contributed by atoms with Crippen molar-refractivity contribution in [2.75, 3.05) is 11.5 Å². The third-order valence-electron chi connectivity index (χ3n) is 3.09. The average molecular weight is 324 g/mol. The maximum Gasteiger partial charge on any atom is 0.254 e. The van der Waals surface area contributed by atoms with Crippen molar-refractivity contribution in [3.63, 3.8) is 0 Å². The number of hydrogen-bond donors (Lipinski definition) is 1. The molecule has 1 aliphatic rings. The third kappa shape index (κ3) is 3.09. The highest BCUT2D eigenvalue weighted by Gasteiger charge is 2.37. The number of carbonyl (C=O) groups excluding carboxylic acids is 1. The molecule has 1 amide bonds. The first kappa shape index (κ1) is 15.2. The van der Waals surface area contributed by atoms with Gasteiger partial charge >= 0.3 is 0 Å². The van der Waals surface area contributed by atoms with E-state index in [4.69, 9.17) is 11.6 Å². The van der Waals surface area contributed by atoms with E-state index in [0.717, 1.165) is 6.07 Å². The monoisotopic (exact) mass is 323 g/mol. The first-order chi connectivity index (χ1) is 9.19. The molecule has 1 aliphatic heterocycles. The standard InChI is InChI=1S/C12H12ClF2NO3S/c1-6-2-7(10(15)3-9(6)14)12(17)16-11-5-20(18,19)4-8(11)13/h2-3,8,11H,4-5H2,1H3,(H,16,17). The van der Waals surface area contributed by atoms with Crippen LogP contribution >= 0.6 is 11.6 Å². The predicted molar refractivity (Wildman–Crippen MR) is 70.6 cm³/mol. The molecule has 2 atom stereocenters. The van der Waals surface area contributed by atoms with E-state index in [-0.39, 0.29) is 22.6 Å². The fraction of sp³-hybridized carbons (Fsp3) is 0.417. The molecule has 20 heavy (non-hydrogen) atoms. The Morgan fingerprint density at radius 1 is 1.30 bits per heavy atom. The Hall–Kier alpha value is -1.21. The Labute approximate surface area is 120 Å². The van der Waals surface area contributed by atoms with Crippen molar-refractivity contribution in [3.05, 3.63) is 34.9 Å². The molecule has 0 aromatic heterocycles. The minimum absolute atomic E-state index is 0.123. The van der Waals surface area contributed by atoms with Crippen LogP contribution in [0.5, 0.6) is 0 Å². The summed E-state index contributed by atoms with van der Waals surface area (Å²) in [6.07, 6.45) is 0. The number of halogens is 3. The van der Waals surface area contributed by atoms with Crippen molar-refractivity contribution in [2.24, 2.45) is 0 Å². The van der Waals surface area contributed by atoms with Crippen molar-refractivity contribution in [1.29, 1.82) is 0 Å². The van der Waals surface area contributed by atoms with Crippen molar-refractivity contribution >= 4 is 27.3 Å². The average Bonchev–Trinajstić information content (AvgIpc) is 2.56. The Morgan fingerprint density at radius 3 is 2.50 bits per heavy atom. The van der Waals surface area contributed by atoms with E-state index in [0.29, 0.717) is 6.07 Å². The zero-order valence-electron chi connectivity index (χ0n) is 10.5. The van der Waals surface area contributed by atoms with Crippen LogP contribution in [0.1, 0.15) is 15.9 Å². The number of aryl methyl sites for hydroxylation is 1. The molecule has 4 nitrogen and oxygen atoms in total. The molecule has 1 N–H and O–H groups in total. The van der Waals surface area contributed by atoms with Crippen molar-refractivity contribution in [3.8, 4) is 0 Å². The van der Waals surface area contributed by atoms with Crippen molar-refractivity contribution < 1.29 is 22.0 Å². The Bertz CT molecular complexity index is 663. The molecule has 1 heterocycles. The second kappa shape index (κ2) is 5.29. The van der Waals surface area contributed by atoms with Crippen LogP contribution < -0.4 is 5.32 Å². The van der Waals surface area contributed by atoms with Gasteiger partial charge in [0.2, 0.25) is 0 Å². The number of rotatable bonds is 2. The molecule has 0 spiro atoms. The molecular weight excluding hydrogens is 312 g/mol. The van der Waals surface area contributed by atoms with Gasteiger partial charge in [-0.3, -0.25) is 4.79 Å². The Morgan fingerprint density at radius 2 is 1.95 bits per heavy atom. The largest absolute Gasteiger partial charge is 0.347 e. The highest BCUT2D eigenvalue weighted by atomic mass is 35.5. The van der Waals surface area contributed by atoms with Crippen LogP contribution in [0.2, 0.25) is 0 Å². The van der Waals surface area contributed by atoms with Crippen LogP contribution in [0.3, 0.4) is 0 Å². The predicted octanol–water partition coefficient (Wildman–Crippen LogP) is 1.41. The van der Waals surface area contributed by atoms with Gasteiger partial charge in [-0.15, -0.1) is 11.6 Å². The SMILES string of the molecule is Cc1cc(C(=O)NC2CS(=O)(=O)CC2Cl)c(F)cc1F. The third-order valence-corrected chi connectivity index (χ3v) is 5.47. The van der Waals surface area contributed by atoms with E-state index in [1.54, 1.807) is 0 Å². The summed E-state index contributed by atoms with van der Waals surface area (Å²) >= 11 is 5.84. The quantitative estimate of drug-likeness (QED) is 0.837. The fourth-order valence-corrected chi connectivity index (χ4v) is 4.56. The van der Waals surface area contributed by atoms with Crippen LogP contribution in [-0.2, 0) is 9.84 Å². The van der Waals surface area contributed by atoms with Gasteiger partial charge in [0.15, 0.2) is 9.84 Å². The molecule has 0 saturated carbocycles. The first-order valence-electron chi connectivity index (χ1n) is 5.80. The second-order valence-electron chi connectivity index (χ2n) is 4.75. The lowest BCUT2D eigenvalue weighted by molar-refractivity contribution is 0.0937. The highest BCUT2D eigenvalue weighted by Crippen LogP contribution is 2.20. The summed E-state index contributed by atoms with van der Waals surface area (Å²) in [7, 11) is -3.30. The number of alkyl halides is 1. The molecule has 1 aromatic carbocycles. The number of hydrogen-bond acceptors (Lipinski definition) is 3.